The molecule has 11 nitrogen and oxygen atoms in total. The Morgan fingerprint density at radius 2 is 2.00 bits per heavy atom. The highest BCUT2D eigenvalue weighted by Gasteiger charge is 2.56. The van der Waals surface area contributed by atoms with Crippen LogP contribution < -0.4 is 9.64 Å². The molecule has 0 aliphatic carbocycles. The summed E-state index contributed by atoms with van der Waals surface area (Å²) in [6.45, 7) is 3.44. The summed E-state index contributed by atoms with van der Waals surface area (Å²) in [6, 6.07) is 10.7. The first kappa shape index (κ1) is 24.7. The number of hydrogen-bond donors (Lipinski definition) is 1. The van der Waals surface area contributed by atoms with Crippen LogP contribution in [0, 0.1) is 10.1 Å². The van der Waals surface area contributed by atoms with Crippen molar-refractivity contribution in [2.75, 3.05) is 25.7 Å². The molecule has 0 unspecified atom stereocenters. The molecule has 4 rings (SSSR count). The van der Waals surface area contributed by atoms with Crippen molar-refractivity contribution in [2.24, 2.45) is 0 Å². The molecule has 4 atom stereocenters. The molecule has 1 N–H and O–H groups in total. The highest BCUT2D eigenvalue weighted by atomic mass is 16.7. The van der Waals surface area contributed by atoms with Crippen molar-refractivity contribution >= 4 is 17.5 Å². The van der Waals surface area contributed by atoms with Gasteiger partial charge in [0, 0.05) is 44.0 Å². The second-order valence-electron chi connectivity index (χ2n) is 8.45. The quantitative estimate of drug-likeness (QED) is 0.268. The van der Waals surface area contributed by atoms with E-state index in [1.54, 1.807) is 18.7 Å². The smallest absolute Gasteiger partial charge is 0.479 e. The summed E-state index contributed by atoms with van der Waals surface area (Å²) in [4.78, 5) is 25.1. The molecule has 0 aromatic heterocycles. The number of hydrogen-bond acceptors (Lipinski definition) is 10. The van der Waals surface area contributed by atoms with Crippen LogP contribution in [0.3, 0.4) is 0 Å². The molecule has 2 aromatic rings. The summed E-state index contributed by atoms with van der Waals surface area (Å²) in [6.07, 6.45) is -3.67. The van der Waals surface area contributed by atoms with Gasteiger partial charge in [-0.05, 0) is 31.5 Å². The Morgan fingerprint density at radius 3 is 2.66 bits per heavy atom. The number of carbonyl (C=O) groups excluding carboxylic acids is 1. The molecule has 11 heteroatoms. The number of anilines is 1. The van der Waals surface area contributed by atoms with E-state index in [9.17, 15) is 20.0 Å². The highest BCUT2D eigenvalue weighted by molar-refractivity contribution is 5.66. The van der Waals surface area contributed by atoms with Gasteiger partial charge in [0.15, 0.2) is 18.1 Å². The maximum Gasteiger partial charge on any atom is 0.510 e. The molecular weight excluding hydrogens is 460 g/mol. The zero-order valence-corrected chi connectivity index (χ0v) is 19.9. The topological polar surface area (TPSA) is 130 Å². The molecule has 2 aliphatic heterocycles. The number of nitro groups is 1. The Morgan fingerprint density at radius 1 is 1.29 bits per heavy atom. The number of aliphatic hydroxyl groups is 1. The van der Waals surface area contributed by atoms with Crippen LogP contribution in [0.1, 0.15) is 31.0 Å². The molecule has 2 heterocycles. The SMILES string of the molecule is CCOC(=O)O[C@@H]1Cc2ccccc2N1[C@@H]1c2cc([N+](=O)[O-])ccc2O[C@@](C)(C(OC)OC)[C@H]1O. The van der Waals surface area contributed by atoms with Gasteiger partial charge in [-0.25, -0.2) is 4.79 Å². The fourth-order valence-corrected chi connectivity index (χ4v) is 4.88. The number of methoxy groups -OCH3 is 2. The Labute approximate surface area is 202 Å². The lowest BCUT2D eigenvalue weighted by Crippen LogP contribution is -2.63. The highest BCUT2D eigenvalue weighted by Crippen LogP contribution is 2.50. The lowest BCUT2D eigenvalue weighted by molar-refractivity contribution is -0.385. The molecule has 0 spiro atoms. The summed E-state index contributed by atoms with van der Waals surface area (Å²) >= 11 is 0. The number of carbonyl (C=O) groups is 1. The van der Waals surface area contributed by atoms with E-state index in [-0.39, 0.29) is 12.3 Å². The molecule has 2 aliphatic rings. The standard InChI is InChI=1S/C24H28N2O9/c1-5-33-23(28)34-19-12-14-8-6-7-9-17(14)25(19)20-16-13-15(26(29)30)10-11-18(16)35-24(2,21(20)27)22(31-3)32-4/h6-11,13,19-22,27H,5,12H2,1-4H3/t19-,20-,21+,24-/m1/s1. The van der Waals surface area contributed by atoms with Gasteiger partial charge in [-0.2, -0.15) is 0 Å². The monoisotopic (exact) mass is 488 g/mol. The van der Waals surface area contributed by atoms with E-state index in [1.165, 1.54) is 32.4 Å². The lowest BCUT2D eigenvalue weighted by Gasteiger charge is -2.50. The van der Waals surface area contributed by atoms with Crippen LogP contribution in [0.2, 0.25) is 0 Å². The van der Waals surface area contributed by atoms with Crippen LogP contribution in [-0.4, -0.2) is 61.2 Å². The van der Waals surface area contributed by atoms with Gasteiger partial charge in [0.1, 0.15) is 11.9 Å². The predicted molar refractivity (Wildman–Crippen MR) is 123 cm³/mol. The molecule has 0 bridgehead atoms. The molecule has 188 valence electrons. The Bertz CT molecular complexity index is 1110. The Kier molecular flexibility index (Phi) is 6.84. The number of rotatable bonds is 7. The Hall–Kier alpha value is -3.41. The zero-order chi connectivity index (χ0) is 25.3. The van der Waals surface area contributed by atoms with Crippen molar-refractivity contribution in [3.05, 3.63) is 63.7 Å². The Balaban J connectivity index is 1.89. The van der Waals surface area contributed by atoms with Crippen molar-refractivity contribution < 1.29 is 38.5 Å². The maximum absolute atomic E-state index is 12.3. The summed E-state index contributed by atoms with van der Waals surface area (Å²) < 4.78 is 27.7. The number of aliphatic hydroxyl groups excluding tert-OH is 1. The molecule has 0 fully saturated rings. The minimum atomic E-state index is -1.41. The van der Waals surface area contributed by atoms with E-state index in [0.29, 0.717) is 23.4 Å². The third-order valence-corrected chi connectivity index (χ3v) is 6.40. The van der Waals surface area contributed by atoms with Crippen LogP contribution >= 0.6 is 0 Å². The van der Waals surface area contributed by atoms with Gasteiger partial charge in [-0.1, -0.05) is 18.2 Å². The number of benzene rings is 2. The number of non-ortho nitro benzene ring substituents is 1. The lowest BCUT2D eigenvalue weighted by atomic mass is 9.83. The van der Waals surface area contributed by atoms with E-state index in [2.05, 4.69) is 0 Å². The van der Waals surface area contributed by atoms with E-state index < -0.39 is 41.3 Å². The summed E-state index contributed by atoms with van der Waals surface area (Å²) in [5, 5.41) is 23.3. The van der Waals surface area contributed by atoms with E-state index in [1.807, 2.05) is 24.3 Å². The van der Waals surface area contributed by atoms with Crippen LogP contribution in [0.5, 0.6) is 5.75 Å². The first-order valence-electron chi connectivity index (χ1n) is 11.2. The molecule has 0 saturated heterocycles. The third-order valence-electron chi connectivity index (χ3n) is 6.40. The van der Waals surface area contributed by atoms with Crippen LogP contribution in [0.25, 0.3) is 0 Å². The van der Waals surface area contributed by atoms with Gasteiger partial charge >= 0.3 is 6.16 Å². The number of para-hydroxylation sites is 1. The van der Waals surface area contributed by atoms with Crippen LogP contribution in [0.15, 0.2) is 42.5 Å². The average Bonchev–Trinajstić information content (AvgIpc) is 3.18. The minimum Gasteiger partial charge on any atom is -0.479 e. The summed E-state index contributed by atoms with van der Waals surface area (Å²) in [7, 11) is 2.85. The van der Waals surface area contributed by atoms with Gasteiger partial charge in [0.25, 0.3) is 5.69 Å². The first-order chi connectivity index (χ1) is 16.7. The van der Waals surface area contributed by atoms with E-state index in [4.69, 9.17) is 23.7 Å². The van der Waals surface area contributed by atoms with Gasteiger partial charge in [-0.3, -0.25) is 10.1 Å². The van der Waals surface area contributed by atoms with Crippen molar-refractivity contribution in [3.8, 4) is 5.75 Å². The second kappa shape index (κ2) is 9.68. The van der Waals surface area contributed by atoms with Crippen molar-refractivity contribution in [1.82, 2.24) is 0 Å². The summed E-state index contributed by atoms with van der Waals surface area (Å²) in [5.74, 6) is 0.312. The molecule has 0 radical (unpaired) electrons. The average molecular weight is 488 g/mol. The largest absolute Gasteiger partial charge is 0.510 e. The maximum atomic E-state index is 12.3. The predicted octanol–water partition coefficient (Wildman–Crippen LogP) is 3.33. The molecule has 35 heavy (non-hydrogen) atoms. The van der Waals surface area contributed by atoms with Gasteiger partial charge in [0.05, 0.1) is 17.6 Å². The van der Waals surface area contributed by atoms with Crippen LogP contribution in [-0.2, 0) is 25.4 Å². The van der Waals surface area contributed by atoms with Crippen molar-refractivity contribution in [3.63, 3.8) is 0 Å². The first-order valence-corrected chi connectivity index (χ1v) is 11.2. The van der Waals surface area contributed by atoms with Gasteiger partial charge in [-0.15, -0.1) is 0 Å². The second-order valence-corrected chi connectivity index (χ2v) is 8.45. The van der Waals surface area contributed by atoms with Crippen molar-refractivity contribution in [2.45, 2.75) is 50.5 Å². The fraction of sp³-hybridized carbons (Fsp3) is 0.458. The number of fused-ring (bicyclic) bond motifs is 2. The normalized spacial score (nSPS) is 25.0. The molecule has 2 aromatic carbocycles. The molecular formula is C24H28N2O9. The van der Waals surface area contributed by atoms with Gasteiger partial charge < -0.3 is 33.7 Å². The van der Waals surface area contributed by atoms with E-state index >= 15 is 0 Å². The van der Waals surface area contributed by atoms with Crippen molar-refractivity contribution in [1.29, 1.82) is 0 Å². The third kappa shape index (κ3) is 4.26. The number of ether oxygens (including phenoxy) is 5. The molecule has 0 amide bonds. The zero-order valence-electron chi connectivity index (χ0n) is 19.9. The van der Waals surface area contributed by atoms with E-state index in [0.717, 1.165) is 5.56 Å². The van der Waals surface area contributed by atoms with Crippen LogP contribution in [0.4, 0.5) is 16.2 Å². The summed E-state index contributed by atoms with van der Waals surface area (Å²) in [5.41, 5.74) is 0.370. The number of nitro benzene ring substituents is 1. The number of nitrogens with zero attached hydrogens (tertiary/aromatic N) is 2. The molecule has 0 saturated carbocycles. The van der Waals surface area contributed by atoms with Gasteiger partial charge in [0.2, 0.25) is 0 Å². The fourth-order valence-electron chi connectivity index (χ4n) is 4.88. The minimum absolute atomic E-state index is 0.134.